The fraction of sp³-hybridized carbons (Fsp3) is 0.500. The van der Waals surface area contributed by atoms with Gasteiger partial charge in [0.1, 0.15) is 0 Å². The Morgan fingerprint density at radius 1 is 0.974 bits per heavy atom. The van der Waals surface area contributed by atoms with E-state index < -0.39 is 10.0 Å². The Kier molecular flexibility index (Phi) is 9.62. The highest BCUT2D eigenvalue weighted by Gasteiger charge is 2.29. The third-order valence-corrected chi connectivity index (χ3v) is 9.88. The molecular weight excluding hydrogens is 516 g/mol. The lowest BCUT2D eigenvalue weighted by atomic mass is 9.91. The van der Waals surface area contributed by atoms with Crippen LogP contribution in [0.5, 0.6) is 0 Å². The van der Waals surface area contributed by atoms with E-state index >= 15 is 0 Å². The smallest absolute Gasteiger partial charge is 0.214 e. The van der Waals surface area contributed by atoms with Gasteiger partial charge in [0.2, 0.25) is 15.2 Å². The minimum absolute atomic E-state index is 0.00408. The van der Waals surface area contributed by atoms with Gasteiger partial charge >= 0.3 is 0 Å². The Balaban J connectivity index is 1.45. The molecule has 1 saturated heterocycles. The zero-order valence-electron chi connectivity index (χ0n) is 22.7. The normalized spacial score (nSPS) is 15.5. The summed E-state index contributed by atoms with van der Waals surface area (Å²) in [6.45, 7) is 4.37. The van der Waals surface area contributed by atoms with Crippen molar-refractivity contribution in [2.75, 3.05) is 61.6 Å². The van der Waals surface area contributed by atoms with E-state index in [-0.39, 0.29) is 11.7 Å². The average molecular weight is 557 g/mol. The first-order valence-electron chi connectivity index (χ1n) is 13.4. The first-order chi connectivity index (χ1) is 18.3. The molecule has 0 radical (unpaired) electrons. The number of nitrogen functional groups attached to an aromatic ring is 1. The maximum Gasteiger partial charge on any atom is 0.214 e. The Hall–Kier alpha value is -2.69. The number of hydrogen-bond acceptors (Lipinski definition) is 8. The van der Waals surface area contributed by atoms with Crippen molar-refractivity contribution in [3.63, 3.8) is 0 Å². The van der Waals surface area contributed by atoms with E-state index in [1.165, 1.54) is 17.1 Å². The van der Waals surface area contributed by atoms with E-state index in [4.69, 9.17) is 15.1 Å². The van der Waals surface area contributed by atoms with Crippen molar-refractivity contribution in [2.45, 2.75) is 44.9 Å². The van der Waals surface area contributed by atoms with Gasteiger partial charge in [-0.1, -0.05) is 50.5 Å². The first kappa shape index (κ1) is 28.3. The van der Waals surface area contributed by atoms with Gasteiger partial charge in [-0.15, -0.1) is 0 Å². The minimum atomic E-state index is -3.20. The monoisotopic (exact) mass is 556 g/mol. The third-order valence-electron chi connectivity index (χ3n) is 7.13. The number of hydrogen-bond donors (Lipinski definition) is 1. The van der Waals surface area contributed by atoms with Crippen LogP contribution in [0.1, 0.15) is 55.5 Å². The van der Waals surface area contributed by atoms with Crippen LogP contribution in [0.2, 0.25) is 0 Å². The number of nitrogens with zero attached hydrogens (tertiary/aromatic N) is 5. The highest BCUT2D eigenvalue weighted by Crippen LogP contribution is 2.31. The van der Waals surface area contributed by atoms with Crippen LogP contribution < -0.4 is 15.5 Å². The number of unbranched alkanes of at least 4 members (excludes halogenated alkanes) is 3. The van der Waals surface area contributed by atoms with Crippen LogP contribution in [0.3, 0.4) is 0 Å². The maximum absolute atomic E-state index is 12.8. The third kappa shape index (κ3) is 7.24. The van der Waals surface area contributed by atoms with Gasteiger partial charge in [0.15, 0.2) is 5.82 Å². The molecule has 10 heteroatoms. The number of sulfonamides is 1. The Bertz CT molecular complexity index is 1250. The van der Waals surface area contributed by atoms with E-state index in [0.29, 0.717) is 26.2 Å². The van der Waals surface area contributed by atoms with E-state index in [1.54, 1.807) is 4.31 Å². The van der Waals surface area contributed by atoms with Crippen LogP contribution in [0, 0.1) is 0 Å². The Morgan fingerprint density at radius 3 is 2.29 bits per heavy atom. The fourth-order valence-corrected chi connectivity index (χ4v) is 7.07. The van der Waals surface area contributed by atoms with E-state index in [0.717, 1.165) is 60.0 Å². The molecule has 0 aliphatic carbocycles. The summed E-state index contributed by atoms with van der Waals surface area (Å²) in [5.41, 5.74) is 10.2. The van der Waals surface area contributed by atoms with Crippen LogP contribution in [-0.2, 0) is 16.4 Å². The van der Waals surface area contributed by atoms with Gasteiger partial charge in [-0.3, -0.25) is 0 Å². The van der Waals surface area contributed by atoms with Crippen LogP contribution in [0.15, 0.2) is 48.5 Å². The van der Waals surface area contributed by atoms with Gasteiger partial charge in [0.05, 0.1) is 5.75 Å². The van der Waals surface area contributed by atoms with Gasteiger partial charge in [0, 0.05) is 69.1 Å². The molecule has 1 aliphatic heterocycles. The van der Waals surface area contributed by atoms with Gasteiger partial charge in [-0.05, 0) is 48.2 Å². The second-order valence-electron chi connectivity index (χ2n) is 10.2. The molecule has 8 nitrogen and oxygen atoms in total. The van der Waals surface area contributed by atoms with Gasteiger partial charge < -0.3 is 15.5 Å². The lowest BCUT2D eigenvalue weighted by Gasteiger charge is -2.33. The lowest BCUT2D eigenvalue weighted by Crippen LogP contribution is -2.49. The highest BCUT2D eigenvalue weighted by atomic mass is 32.2. The van der Waals surface area contributed by atoms with Gasteiger partial charge in [-0.25, -0.2) is 13.4 Å². The summed E-state index contributed by atoms with van der Waals surface area (Å²) in [5.74, 6) is 1.03. The van der Waals surface area contributed by atoms with Gasteiger partial charge in [0.25, 0.3) is 0 Å². The van der Waals surface area contributed by atoms with E-state index in [1.807, 2.05) is 26.2 Å². The number of rotatable bonds is 12. The van der Waals surface area contributed by atoms with E-state index in [9.17, 15) is 8.42 Å². The molecule has 0 saturated carbocycles. The Morgan fingerprint density at radius 2 is 1.66 bits per heavy atom. The standard InChI is InChI=1S/C28H40N6O2S2/c1-4-5-6-7-20-38(35,36)34-18-16-33(17-19-34)28-30-27(31-37-28)26(23-10-12-24(29)13-11-23)21-22-8-14-25(15-9-22)32(2)3/h8-15,26H,4-7,16-21,29H2,1-3H3. The van der Waals surface area contributed by atoms with Crippen molar-refractivity contribution in [1.29, 1.82) is 0 Å². The molecule has 0 amide bonds. The number of aromatic nitrogens is 2. The second kappa shape index (κ2) is 12.9. The first-order valence-corrected chi connectivity index (χ1v) is 15.8. The molecular formula is C28H40N6O2S2. The van der Waals surface area contributed by atoms with E-state index in [2.05, 4.69) is 53.1 Å². The molecule has 0 spiro atoms. The minimum Gasteiger partial charge on any atom is -0.399 e. The van der Waals surface area contributed by atoms with Crippen LogP contribution in [0.4, 0.5) is 16.5 Å². The molecule has 2 aromatic carbocycles. The average Bonchev–Trinajstić information content (AvgIpc) is 3.41. The number of anilines is 3. The van der Waals surface area contributed by atoms with Crippen molar-refractivity contribution in [2.24, 2.45) is 0 Å². The molecule has 2 heterocycles. The van der Waals surface area contributed by atoms with Crippen LogP contribution in [0.25, 0.3) is 0 Å². The Labute approximate surface area is 231 Å². The summed E-state index contributed by atoms with van der Waals surface area (Å²) >= 11 is 1.39. The molecule has 38 heavy (non-hydrogen) atoms. The molecule has 1 aliphatic rings. The molecule has 1 unspecified atom stereocenters. The zero-order valence-corrected chi connectivity index (χ0v) is 24.3. The van der Waals surface area contributed by atoms with Crippen molar-refractivity contribution in [3.8, 4) is 0 Å². The summed E-state index contributed by atoms with van der Waals surface area (Å²) in [7, 11) is 0.875. The largest absolute Gasteiger partial charge is 0.399 e. The molecule has 4 rings (SSSR count). The topological polar surface area (TPSA) is 95.7 Å². The highest BCUT2D eigenvalue weighted by molar-refractivity contribution is 7.89. The summed E-state index contributed by atoms with van der Waals surface area (Å²) in [6.07, 6.45) is 4.67. The quantitative estimate of drug-likeness (QED) is 0.257. The molecule has 1 atom stereocenters. The van der Waals surface area contributed by atoms with Crippen LogP contribution in [-0.4, -0.2) is 68.1 Å². The van der Waals surface area contributed by atoms with Crippen LogP contribution >= 0.6 is 11.5 Å². The number of benzene rings is 2. The van der Waals surface area contributed by atoms with Crippen molar-refractivity contribution in [1.82, 2.24) is 13.7 Å². The lowest BCUT2D eigenvalue weighted by molar-refractivity contribution is 0.383. The van der Waals surface area contributed by atoms with Crippen molar-refractivity contribution < 1.29 is 8.42 Å². The fourth-order valence-electron chi connectivity index (χ4n) is 4.75. The number of nitrogens with two attached hydrogens (primary N) is 1. The molecule has 3 aromatic rings. The van der Waals surface area contributed by atoms with Gasteiger partial charge in [-0.2, -0.15) is 8.68 Å². The molecule has 1 fully saturated rings. The maximum atomic E-state index is 12.8. The SMILES string of the molecule is CCCCCCS(=O)(=O)N1CCN(c2nc(C(Cc3ccc(N(C)C)cc3)c3ccc(N)cc3)ns2)CC1. The summed E-state index contributed by atoms with van der Waals surface area (Å²) in [5, 5.41) is 0.850. The zero-order chi connectivity index (χ0) is 27.1. The molecule has 0 bridgehead atoms. The molecule has 1 aromatic heterocycles. The second-order valence-corrected chi connectivity index (χ2v) is 13.0. The predicted molar refractivity (Wildman–Crippen MR) is 159 cm³/mol. The summed E-state index contributed by atoms with van der Waals surface area (Å²) in [4.78, 5) is 9.21. The van der Waals surface area contributed by atoms with Crippen molar-refractivity contribution >= 4 is 38.1 Å². The molecule has 2 N–H and O–H groups in total. The molecule has 206 valence electrons. The predicted octanol–water partition coefficient (Wildman–Crippen LogP) is 4.59. The summed E-state index contributed by atoms with van der Waals surface area (Å²) in [6, 6.07) is 16.5. The number of piperazine rings is 1. The van der Waals surface area contributed by atoms with Crippen molar-refractivity contribution in [3.05, 3.63) is 65.5 Å². The summed E-state index contributed by atoms with van der Waals surface area (Å²) < 4.78 is 32.0.